The van der Waals surface area contributed by atoms with Crippen molar-refractivity contribution in [3.8, 4) is 0 Å². The van der Waals surface area contributed by atoms with Crippen LogP contribution in [0.15, 0.2) is 71.5 Å². The van der Waals surface area contributed by atoms with E-state index in [0.29, 0.717) is 5.39 Å². The van der Waals surface area contributed by atoms with Crippen LogP contribution in [-0.4, -0.2) is 24.3 Å². The van der Waals surface area contributed by atoms with Crippen molar-refractivity contribution >= 4 is 16.5 Å². The second-order valence-electron chi connectivity index (χ2n) is 8.32. The number of nitrogens with zero attached hydrogens (tertiary/aromatic N) is 1. The quantitative estimate of drug-likeness (QED) is 0.379. The monoisotopic (exact) mass is 425 g/mol. The average Bonchev–Trinajstić information content (AvgIpc) is 2.82. The first-order valence-electron chi connectivity index (χ1n) is 10.9. The summed E-state index contributed by atoms with van der Waals surface area (Å²) in [7, 11) is 3.91. The Bertz CT molecular complexity index is 1330. The summed E-state index contributed by atoms with van der Waals surface area (Å²) >= 11 is 0. The van der Waals surface area contributed by atoms with E-state index in [-0.39, 0.29) is 17.5 Å². The molecule has 6 nitrogen and oxygen atoms in total. The van der Waals surface area contributed by atoms with E-state index in [0.717, 1.165) is 29.9 Å². The molecule has 162 valence electrons. The Morgan fingerprint density at radius 3 is 2.25 bits per heavy atom. The van der Waals surface area contributed by atoms with Crippen molar-refractivity contribution < 1.29 is 0 Å². The third kappa shape index (κ3) is 3.57. The molecule has 2 heterocycles. The number of aromatic nitrogens is 2. The molecule has 1 aromatic heterocycles. The second kappa shape index (κ2) is 8.57. The Balaban J connectivity index is 1.73. The zero-order chi connectivity index (χ0) is 22.1. The van der Waals surface area contributed by atoms with Gasteiger partial charge in [-0.2, -0.15) is 5.10 Å². The third-order valence-electron chi connectivity index (χ3n) is 6.16. The smallest absolute Gasteiger partial charge is 0.272 e. The van der Waals surface area contributed by atoms with Crippen LogP contribution >= 0.6 is 0 Å². The van der Waals surface area contributed by atoms with Gasteiger partial charge in [0.05, 0.1) is 23.0 Å². The maximum atomic E-state index is 12.5. The number of rotatable bonds is 6. The zero-order valence-electron chi connectivity index (χ0n) is 18.3. The van der Waals surface area contributed by atoms with Crippen molar-refractivity contribution in [2.45, 2.75) is 25.0 Å². The van der Waals surface area contributed by atoms with Crippen molar-refractivity contribution in [2.24, 2.45) is 0 Å². The fraction of sp³-hybridized carbons (Fsp3) is 0.231. The first-order valence-corrected chi connectivity index (χ1v) is 10.9. The van der Waals surface area contributed by atoms with Crippen molar-refractivity contribution in [3.63, 3.8) is 0 Å². The van der Waals surface area contributed by atoms with E-state index in [1.54, 1.807) is 0 Å². The molecular formula is C26H27N5O. The highest BCUT2D eigenvalue weighted by Gasteiger charge is 2.35. The van der Waals surface area contributed by atoms with Gasteiger partial charge in [0, 0.05) is 24.2 Å². The molecule has 2 atom stereocenters. The SMILES string of the molecule is CNCc1cccc(C2Nc3cccc4c(=O)[nH]nc(c34)C2c2cccc(CNC)c2)c1. The fourth-order valence-electron chi connectivity index (χ4n) is 4.83. The first-order chi connectivity index (χ1) is 15.7. The molecule has 3 aromatic carbocycles. The van der Waals surface area contributed by atoms with Gasteiger partial charge in [0.15, 0.2) is 0 Å². The highest BCUT2D eigenvalue weighted by Crippen LogP contribution is 2.46. The molecule has 0 radical (unpaired) electrons. The summed E-state index contributed by atoms with van der Waals surface area (Å²) in [4.78, 5) is 12.5. The number of nitrogens with one attached hydrogen (secondary N) is 4. The number of benzene rings is 3. The summed E-state index contributed by atoms with van der Waals surface area (Å²) in [5.74, 6) is -0.0501. The molecule has 1 aliphatic heterocycles. The Hall–Kier alpha value is -3.48. The van der Waals surface area contributed by atoms with Crippen molar-refractivity contribution in [1.29, 1.82) is 0 Å². The number of H-pyrrole nitrogens is 1. The molecule has 0 spiro atoms. The van der Waals surface area contributed by atoms with E-state index in [2.05, 4.69) is 74.7 Å². The van der Waals surface area contributed by atoms with Crippen LogP contribution in [0.1, 0.15) is 39.9 Å². The van der Waals surface area contributed by atoms with Crippen LogP contribution in [0, 0.1) is 0 Å². The van der Waals surface area contributed by atoms with Crippen molar-refractivity contribution in [1.82, 2.24) is 20.8 Å². The van der Waals surface area contributed by atoms with E-state index in [1.807, 2.05) is 32.3 Å². The van der Waals surface area contributed by atoms with Crippen molar-refractivity contribution in [2.75, 3.05) is 19.4 Å². The fourth-order valence-corrected chi connectivity index (χ4v) is 4.83. The van der Waals surface area contributed by atoms with Crippen LogP contribution in [-0.2, 0) is 13.1 Å². The first kappa shape index (κ1) is 20.4. The van der Waals surface area contributed by atoms with E-state index in [9.17, 15) is 4.79 Å². The number of hydrogen-bond acceptors (Lipinski definition) is 5. The molecule has 0 saturated heterocycles. The summed E-state index contributed by atoms with van der Waals surface area (Å²) in [6.07, 6.45) is 0. The Kier molecular flexibility index (Phi) is 5.47. The van der Waals surface area contributed by atoms with Gasteiger partial charge in [-0.1, -0.05) is 54.6 Å². The summed E-state index contributed by atoms with van der Waals surface area (Å²) in [6, 6.07) is 23.1. The predicted octanol–water partition coefficient (Wildman–Crippen LogP) is 3.66. The molecule has 6 heteroatoms. The lowest BCUT2D eigenvalue weighted by atomic mass is 9.79. The lowest BCUT2D eigenvalue weighted by Crippen LogP contribution is -2.28. The Morgan fingerprint density at radius 2 is 1.53 bits per heavy atom. The molecule has 2 unspecified atom stereocenters. The van der Waals surface area contributed by atoms with Gasteiger partial charge in [-0.05, 0) is 48.5 Å². The predicted molar refractivity (Wildman–Crippen MR) is 129 cm³/mol. The van der Waals surface area contributed by atoms with E-state index in [4.69, 9.17) is 0 Å². The molecule has 0 fully saturated rings. The van der Waals surface area contributed by atoms with E-state index < -0.39 is 0 Å². The maximum Gasteiger partial charge on any atom is 0.272 e. The molecule has 0 saturated carbocycles. The maximum absolute atomic E-state index is 12.5. The van der Waals surface area contributed by atoms with Gasteiger partial charge in [0.1, 0.15) is 0 Å². The highest BCUT2D eigenvalue weighted by molar-refractivity contribution is 5.97. The molecule has 1 aliphatic rings. The average molecular weight is 426 g/mol. The molecule has 5 rings (SSSR count). The van der Waals surface area contributed by atoms with Crippen LogP contribution in [0.4, 0.5) is 5.69 Å². The third-order valence-corrected chi connectivity index (χ3v) is 6.16. The Morgan fingerprint density at radius 1 is 0.875 bits per heavy atom. The molecular weight excluding hydrogens is 398 g/mol. The topological polar surface area (TPSA) is 81.8 Å². The minimum absolute atomic E-state index is 0.0202. The summed E-state index contributed by atoms with van der Waals surface area (Å²) in [5, 5.41) is 19.1. The van der Waals surface area contributed by atoms with Gasteiger partial charge in [-0.15, -0.1) is 0 Å². The zero-order valence-corrected chi connectivity index (χ0v) is 18.3. The summed E-state index contributed by atoms with van der Waals surface area (Å²) < 4.78 is 0. The van der Waals surface area contributed by atoms with Gasteiger partial charge >= 0.3 is 0 Å². The summed E-state index contributed by atoms with van der Waals surface area (Å²) in [5.41, 5.74) is 6.49. The normalized spacial score (nSPS) is 17.3. The second-order valence-corrected chi connectivity index (χ2v) is 8.32. The van der Waals surface area contributed by atoms with Crippen LogP contribution < -0.4 is 21.5 Å². The van der Waals surface area contributed by atoms with Crippen LogP contribution in [0.2, 0.25) is 0 Å². The molecule has 0 amide bonds. The van der Waals surface area contributed by atoms with E-state index >= 15 is 0 Å². The van der Waals surface area contributed by atoms with Gasteiger partial charge < -0.3 is 16.0 Å². The lowest BCUT2D eigenvalue weighted by Gasteiger charge is -2.35. The highest BCUT2D eigenvalue weighted by atomic mass is 16.1. The van der Waals surface area contributed by atoms with Gasteiger partial charge in [0.2, 0.25) is 0 Å². The summed E-state index contributed by atoms with van der Waals surface area (Å²) in [6.45, 7) is 1.60. The minimum atomic E-state index is -0.162. The van der Waals surface area contributed by atoms with Crippen LogP contribution in [0.5, 0.6) is 0 Å². The number of aromatic amines is 1. The molecule has 32 heavy (non-hydrogen) atoms. The minimum Gasteiger partial charge on any atom is -0.377 e. The van der Waals surface area contributed by atoms with Gasteiger partial charge in [0.25, 0.3) is 5.56 Å². The molecule has 0 bridgehead atoms. The van der Waals surface area contributed by atoms with Crippen LogP contribution in [0.3, 0.4) is 0 Å². The van der Waals surface area contributed by atoms with Crippen LogP contribution in [0.25, 0.3) is 10.8 Å². The Labute approximate surface area is 187 Å². The van der Waals surface area contributed by atoms with Gasteiger partial charge in [-0.3, -0.25) is 4.79 Å². The molecule has 4 aromatic rings. The van der Waals surface area contributed by atoms with Gasteiger partial charge in [-0.25, -0.2) is 5.10 Å². The number of hydrogen-bond donors (Lipinski definition) is 4. The van der Waals surface area contributed by atoms with E-state index in [1.165, 1.54) is 22.3 Å². The largest absolute Gasteiger partial charge is 0.377 e. The standard InChI is InChI=1S/C26H27N5O/c1-27-14-16-6-3-8-18(12-16)22-24(19-9-4-7-17(13-19)15-28-2)29-21-11-5-10-20-23(21)25(22)30-31-26(20)32/h3-13,22,24,27-29H,14-15H2,1-2H3,(H,31,32). The van der Waals surface area contributed by atoms with Crippen molar-refractivity contribution in [3.05, 3.63) is 105 Å². The molecule has 0 aliphatic carbocycles. The number of anilines is 1. The molecule has 4 N–H and O–H groups in total. The lowest BCUT2D eigenvalue weighted by molar-refractivity contribution is 0.635.